The number of hydrogen-bond donors (Lipinski definition) is 1. The predicted octanol–water partition coefficient (Wildman–Crippen LogP) is 4.56. The molecule has 0 aromatic heterocycles. The molecule has 0 aliphatic carbocycles. The summed E-state index contributed by atoms with van der Waals surface area (Å²) < 4.78 is 35.5. The van der Waals surface area contributed by atoms with Crippen molar-refractivity contribution in [3.63, 3.8) is 0 Å². The van der Waals surface area contributed by atoms with Crippen LogP contribution >= 0.6 is 0 Å². The van der Waals surface area contributed by atoms with Crippen LogP contribution in [0, 0.1) is 4.91 Å². The largest absolute Gasteiger partial charge is 0.497 e. The Morgan fingerprint density at radius 1 is 0.929 bits per heavy atom. The smallest absolute Gasteiger partial charge is 0.303 e. The summed E-state index contributed by atoms with van der Waals surface area (Å²) in [5, 5.41) is 3.27. The van der Waals surface area contributed by atoms with Gasteiger partial charge in [-0.25, -0.2) is 0 Å². The lowest BCUT2D eigenvalue weighted by molar-refractivity contribution is -0.247. The molecule has 3 aromatic rings. The van der Waals surface area contributed by atoms with Gasteiger partial charge in [-0.15, -0.1) is 0 Å². The summed E-state index contributed by atoms with van der Waals surface area (Å²) in [5.41, 5.74) is 6.97. The van der Waals surface area contributed by atoms with Crippen molar-refractivity contribution in [1.29, 1.82) is 0 Å². The summed E-state index contributed by atoms with van der Waals surface area (Å²) in [4.78, 5) is 24.0. The van der Waals surface area contributed by atoms with Gasteiger partial charge in [-0.1, -0.05) is 59.8 Å². The van der Waals surface area contributed by atoms with E-state index in [2.05, 4.69) is 5.18 Å². The molecule has 1 aliphatic heterocycles. The molecule has 2 N–H and O–H groups in total. The maximum absolute atomic E-state index is 12.1. The van der Waals surface area contributed by atoms with Crippen LogP contribution in [-0.2, 0) is 29.3 Å². The van der Waals surface area contributed by atoms with Crippen LogP contribution in [0.5, 0.6) is 11.5 Å². The number of esters is 1. The molecule has 3 aromatic carbocycles. The lowest BCUT2D eigenvalue weighted by atomic mass is 9.80. The van der Waals surface area contributed by atoms with E-state index in [1.165, 1.54) is 6.92 Å². The van der Waals surface area contributed by atoms with Crippen molar-refractivity contribution in [1.82, 2.24) is 0 Å². The lowest BCUT2D eigenvalue weighted by Gasteiger charge is -2.41. The van der Waals surface area contributed by atoms with Crippen LogP contribution in [0.2, 0.25) is 0 Å². The number of carbonyl (C=O) groups is 1. The number of benzene rings is 3. The fourth-order valence-corrected chi connectivity index (χ4v) is 5.18. The van der Waals surface area contributed by atoms with Gasteiger partial charge in [0.05, 0.1) is 27.4 Å². The summed E-state index contributed by atoms with van der Waals surface area (Å²) in [7, 11) is 3.22. The van der Waals surface area contributed by atoms with E-state index >= 15 is 0 Å². The second kappa shape index (κ2) is 14.9. The van der Waals surface area contributed by atoms with E-state index in [0.717, 1.165) is 16.7 Å². The average molecular weight is 579 g/mol. The first-order valence-electron chi connectivity index (χ1n) is 13.9. The highest BCUT2D eigenvalue weighted by Gasteiger charge is 2.45. The lowest BCUT2D eigenvalue weighted by Crippen LogP contribution is -2.53. The first-order valence-corrected chi connectivity index (χ1v) is 13.9. The minimum Gasteiger partial charge on any atom is -0.497 e. The first-order chi connectivity index (χ1) is 20.4. The van der Waals surface area contributed by atoms with Crippen LogP contribution in [0.3, 0.4) is 0 Å². The van der Waals surface area contributed by atoms with Gasteiger partial charge >= 0.3 is 5.97 Å². The number of nitrogens with two attached hydrogens (primary N) is 1. The molecule has 1 aliphatic rings. The fourth-order valence-electron chi connectivity index (χ4n) is 5.18. The predicted molar refractivity (Wildman–Crippen MR) is 156 cm³/mol. The Kier molecular flexibility index (Phi) is 11.0. The maximum atomic E-state index is 12.1. The number of nitrogens with zero attached hydrogens (tertiary/aromatic N) is 1. The molecule has 0 bridgehead atoms. The van der Waals surface area contributed by atoms with E-state index in [-0.39, 0.29) is 13.0 Å². The van der Waals surface area contributed by atoms with Crippen molar-refractivity contribution in [2.45, 2.75) is 49.9 Å². The van der Waals surface area contributed by atoms with Crippen LogP contribution in [0.1, 0.15) is 36.5 Å². The van der Waals surface area contributed by atoms with Gasteiger partial charge in [-0.3, -0.25) is 4.79 Å². The molecule has 0 spiro atoms. The van der Waals surface area contributed by atoms with Crippen LogP contribution in [-0.4, -0.2) is 64.5 Å². The van der Waals surface area contributed by atoms with Crippen molar-refractivity contribution in [3.8, 4) is 11.5 Å². The van der Waals surface area contributed by atoms with Crippen LogP contribution in [0.15, 0.2) is 84.0 Å². The third-order valence-electron chi connectivity index (χ3n) is 7.23. The monoisotopic (exact) mass is 578 g/mol. The SMILES string of the molecule is COc1ccc(C(OCC2OC(OCCCN)CC(N=O)C2OC(C)=O)(c2ccccc2)c2ccc(OC)cc2)cc1. The van der Waals surface area contributed by atoms with Gasteiger partial charge in [0, 0.05) is 13.3 Å². The second-order valence-electron chi connectivity index (χ2n) is 9.91. The van der Waals surface area contributed by atoms with Crippen LogP contribution in [0.25, 0.3) is 0 Å². The molecule has 1 fully saturated rings. The minimum absolute atomic E-state index is 0.0618. The zero-order valence-corrected chi connectivity index (χ0v) is 24.1. The van der Waals surface area contributed by atoms with Gasteiger partial charge in [0.2, 0.25) is 0 Å². The van der Waals surface area contributed by atoms with Gasteiger partial charge < -0.3 is 34.2 Å². The highest BCUT2D eigenvalue weighted by molar-refractivity contribution is 5.66. The van der Waals surface area contributed by atoms with Crippen molar-refractivity contribution in [2.24, 2.45) is 10.9 Å². The molecule has 42 heavy (non-hydrogen) atoms. The Balaban J connectivity index is 1.79. The molecule has 10 nitrogen and oxygen atoms in total. The van der Waals surface area contributed by atoms with Crippen LogP contribution in [0.4, 0.5) is 0 Å². The molecule has 1 saturated heterocycles. The van der Waals surface area contributed by atoms with E-state index in [4.69, 9.17) is 34.2 Å². The third-order valence-corrected chi connectivity index (χ3v) is 7.23. The molecule has 4 atom stereocenters. The van der Waals surface area contributed by atoms with Crippen molar-refractivity contribution >= 4 is 5.97 Å². The summed E-state index contributed by atoms with van der Waals surface area (Å²) >= 11 is 0. The highest BCUT2D eigenvalue weighted by atomic mass is 16.7. The molecule has 224 valence electrons. The average Bonchev–Trinajstić information content (AvgIpc) is 3.03. The Hall–Kier alpha value is -3.83. The number of nitroso groups, excluding NO2 is 1. The number of methoxy groups -OCH3 is 2. The molecule has 0 amide bonds. The van der Waals surface area contributed by atoms with E-state index in [1.54, 1.807) is 14.2 Å². The molecular weight excluding hydrogens is 540 g/mol. The Labute approximate surface area is 246 Å². The van der Waals surface area contributed by atoms with Crippen molar-refractivity contribution in [3.05, 3.63) is 100 Å². The van der Waals surface area contributed by atoms with Crippen molar-refractivity contribution in [2.75, 3.05) is 34.0 Å². The molecule has 1 heterocycles. The molecular formula is C32H38N2O8. The summed E-state index contributed by atoms with van der Waals surface area (Å²) in [6.07, 6.45) is -1.79. The summed E-state index contributed by atoms with van der Waals surface area (Å²) in [5.74, 6) is 0.834. The summed E-state index contributed by atoms with van der Waals surface area (Å²) in [6.45, 7) is 2.03. The van der Waals surface area contributed by atoms with E-state index in [9.17, 15) is 9.70 Å². The van der Waals surface area contributed by atoms with Gasteiger partial charge in [0.25, 0.3) is 0 Å². The van der Waals surface area contributed by atoms with Gasteiger partial charge in [-0.05, 0) is 53.9 Å². The maximum Gasteiger partial charge on any atom is 0.303 e. The van der Waals surface area contributed by atoms with Gasteiger partial charge in [-0.2, -0.15) is 4.91 Å². The number of hydrogen-bond acceptors (Lipinski definition) is 10. The fraction of sp³-hybridized carbons (Fsp3) is 0.406. The Morgan fingerprint density at radius 3 is 2.00 bits per heavy atom. The Morgan fingerprint density at radius 2 is 1.50 bits per heavy atom. The zero-order chi connectivity index (χ0) is 30.0. The number of carbonyl (C=O) groups excluding carboxylic acids is 1. The van der Waals surface area contributed by atoms with Crippen LogP contribution < -0.4 is 15.2 Å². The van der Waals surface area contributed by atoms with Gasteiger partial charge in [0.1, 0.15) is 29.2 Å². The van der Waals surface area contributed by atoms with E-state index in [1.807, 2.05) is 78.9 Å². The Bertz CT molecular complexity index is 1220. The summed E-state index contributed by atoms with van der Waals surface area (Å²) in [6, 6.07) is 24.1. The second-order valence-corrected chi connectivity index (χ2v) is 9.91. The number of rotatable bonds is 14. The topological polar surface area (TPSA) is 128 Å². The standard InChI is InChI=1S/C32H38N2O8/c1-22(35)41-31-28(34-36)20-30(39-19-7-18-33)42-29(31)21-40-32(23-8-5-4-6-9-23,24-10-14-26(37-2)15-11-24)25-12-16-27(38-3)17-13-25/h4-6,8-17,28-31H,7,18-21,33H2,1-3H3. The minimum atomic E-state index is -1.14. The molecule has 10 heteroatoms. The highest BCUT2D eigenvalue weighted by Crippen LogP contribution is 2.42. The third kappa shape index (κ3) is 7.14. The molecule has 0 saturated carbocycles. The first kappa shape index (κ1) is 31.1. The van der Waals surface area contributed by atoms with Crippen molar-refractivity contribution < 1.29 is 33.2 Å². The molecule has 0 radical (unpaired) electrons. The molecule has 4 unspecified atom stereocenters. The zero-order valence-electron chi connectivity index (χ0n) is 24.1. The molecule has 4 rings (SSSR count). The normalized spacial score (nSPS) is 20.5. The van der Waals surface area contributed by atoms with E-state index in [0.29, 0.717) is 31.1 Å². The quantitative estimate of drug-likeness (QED) is 0.127. The van der Waals surface area contributed by atoms with Gasteiger partial charge in [0.15, 0.2) is 12.4 Å². The number of ether oxygens (including phenoxy) is 6. The van der Waals surface area contributed by atoms with E-state index < -0.39 is 36.1 Å².